The second-order valence-corrected chi connectivity index (χ2v) is 14.1. The molecule has 2 aromatic carbocycles. The number of amides is 4. The molecule has 3 heterocycles. The number of carbonyl (C=O) groups excluding carboxylic acids is 4. The summed E-state index contributed by atoms with van der Waals surface area (Å²) < 4.78 is 28.7. The smallest absolute Gasteiger partial charge is 0.266 e. The first-order chi connectivity index (χ1) is 22.6. The van der Waals surface area contributed by atoms with E-state index in [0.29, 0.717) is 68.8 Å². The van der Waals surface area contributed by atoms with Crippen molar-refractivity contribution >= 4 is 92.4 Å². The summed E-state index contributed by atoms with van der Waals surface area (Å²) in [6.07, 6.45) is 3.14. The molecule has 3 saturated heterocycles. The van der Waals surface area contributed by atoms with Crippen molar-refractivity contribution in [1.82, 2.24) is 24.9 Å². The third-order valence-corrected chi connectivity index (χ3v) is 10.5. The van der Waals surface area contributed by atoms with E-state index in [9.17, 15) is 28.0 Å². The third kappa shape index (κ3) is 8.90. The molecule has 0 radical (unpaired) electrons. The first-order valence-electron chi connectivity index (χ1n) is 14.9. The average molecular weight is 716 g/mol. The molecule has 0 saturated carbocycles. The molecule has 2 aromatic rings. The molecule has 0 atom stereocenters. The number of nitrogens with one attached hydrogen (secondary N) is 1. The number of nitrogens with zero attached hydrogens (tertiary/aromatic N) is 4. The minimum absolute atomic E-state index is 0.0730. The minimum Gasteiger partial charge on any atom is -0.355 e. The van der Waals surface area contributed by atoms with Crippen molar-refractivity contribution in [3.63, 3.8) is 0 Å². The first-order valence-corrected chi connectivity index (χ1v) is 17.3. The van der Waals surface area contributed by atoms with E-state index in [4.69, 9.17) is 24.4 Å². The summed E-state index contributed by atoms with van der Waals surface area (Å²) >= 11 is 12.8. The quantitative estimate of drug-likeness (QED) is 0.273. The number of halogens is 2. The summed E-state index contributed by atoms with van der Waals surface area (Å²) in [7, 11) is 0. The van der Waals surface area contributed by atoms with Crippen LogP contribution in [-0.4, -0.2) is 104 Å². The van der Waals surface area contributed by atoms with E-state index in [1.807, 2.05) is 0 Å². The molecular weight excluding hydrogens is 685 g/mol. The number of hydrogen-bond donors (Lipinski definition) is 1. The van der Waals surface area contributed by atoms with Gasteiger partial charge in [-0.3, -0.25) is 33.9 Å². The summed E-state index contributed by atoms with van der Waals surface area (Å²) in [6.45, 7) is 3.61. The van der Waals surface area contributed by atoms with Crippen LogP contribution in [0.4, 0.5) is 8.78 Å². The summed E-state index contributed by atoms with van der Waals surface area (Å²) in [4.78, 5) is 58.3. The van der Waals surface area contributed by atoms with E-state index in [1.54, 1.807) is 41.3 Å². The lowest BCUT2D eigenvalue weighted by Crippen LogP contribution is -2.50. The predicted octanol–water partition coefficient (Wildman–Crippen LogP) is 4.11. The SMILES string of the molecule is O=C(CCN1C(=O)/C(=C/c2ccccc2F)SC1=S)NCCN1CCN(C(=O)CCN2C(=O)/C(=C\c3ccccc3F)SC2=S)CC1. The van der Waals surface area contributed by atoms with Crippen LogP contribution < -0.4 is 5.32 Å². The second-order valence-electron chi connectivity index (χ2n) is 10.8. The maximum absolute atomic E-state index is 14.0. The largest absolute Gasteiger partial charge is 0.355 e. The molecule has 4 amide bonds. The van der Waals surface area contributed by atoms with E-state index >= 15 is 0 Å². The molecule has 3 fully saturated rings. The summed E-state index contributed by atoms with van der Waals surface area (Å²) in [5.41, 5.74) is 0.596. The number of thioether (sulfide) groups is 2. The molecule has 3 aliphatic rings. The number of thiocarbonyl (C=S) groups is 2. The van der Waals surface area contributed by atoms with Crippen LogP contribution in [0.1, 0.15) is 24.0 Å². The van der Waals surface area contributed by atoms with E-state index in [-0.39, 0.29) is 49.6 Å². The predicted molar refractivity (Wildman–Crippen MR) is 188 cm³/mol. The van der Waals surface area contributed by atoms with Gasteiger partial charge in [-0.1, -0.05) is 84.4 Å². The van der Waals surface area contributed by atoms with Crippen molar-refractivity contribution in [2.45, 2.75) is 12.8 Å². The Labute approximate surface area is 290 Å². The van der Waals surface area contributed by atoms with Crippen LogP contribution in [0.3, 0.4) is 0 Å². The monoisotopic (exact) mass is 715 g/mol. The molecular formula is C32H31F2N5O4S4. The van der Waals surface area contributed by atoms with Gasteiger partial charge in [0.2, 0.25) is 11.8 Å². The molecule has 3 aliphatic heterocycles. The maximum atomic E-state index is 14.0. The van der Waals surface area contributed by atoms with Crippen molar-refractivity contribution in [3.8, 4) is 0 Å². The van der Waals surface area contributed by atoms with Gasteiger partial charge in [-0.05, 0) is 24.3 Å². The summed E-state index contributed by atoms with van der Waals surface area (Å²) in [6, 6.07) is 12.3. The topological polar surface area (TPSA) is 93.3 Å². The molecule has 5 rings (SSSR count). The Morgan fingerprint density at radius 3 is 1.74 bits per heavy atom. The Balaban J connectivity index is 0.983. The zero-order valence-electron chi connectivity index (χ0n) is 25.2. The molecule has 0 unspecified atom stereocenters. The van der Waals surface area contributed by atoms with E-state index in [1.165, 1.54) is 34.1 Å². The molecule has 0 spiro atoms. The fourth-order valence-electron chi connectivity index (χ4n) is 5.09. The molecule has 0 aromatic heterocycles. The lowest BCUT2D eigenvalue weighted by molar-refractivity contribution is -0.133. The number of piperazine rings is 1. The maximum Gasteiger partial charge on any atom is 0.266 e. The molecule has 1 N–H and O–H groups in total. The van der Waals surface area contributed by atoms with E-state index < -0.39 is 11.6 Å². The number of carbonyl (C=O) groups is 4. The van der Waals surface area contributed by atoms with Crippen LogP contribution in [0, 0.1) is 11.6 Å². The first kappa shape index (κ1) is 34.8. The van der Waals surface area contributed by atoms with E-state index in [2.05, 4.69) is 10.2 Å². The normalized spacial score (nSPS) is 19.1. The van der Waals surface area contributed by atoms with Gasteiger partial charge in [0.15, 0.2) is 0 Å². The molecule has 47 heavy (non-hydrogen) atoms. The Morgan fingerprint density at radius 2 is 1.23 bits per heavy atom. The lowest BCUT2D eigenvalue weighted by Gasteiger charge is -2.35. The highest BCUT2D eigenvalue weighted by Gasteiger charge is 2.34. The number of benzene rings is 2. The Morgan fingerprint density at radius 1 is 0.745 bits per heavy atom. The highest BCUT2D eigenvalue weighted by Crippen LogP contribution is 2.34. The van der Waals surface area contributed by atoms with Crippen molar-refractivity contribution in [1.29, 1.82) is 0 Å². The van der Waals surface area contributed by atoms with Gasteiger partial charge in [0.25, 0.3) is 11.8 Å². The fraction of sp³-hybridized carbons (Fsp3) is 0.312. The molecule has 0 aliphatic carbocycles. The Kier molecular flexibility index (Phi) is 11.9. The molecule has 9 nitrogen and oxygen atoms in total. The van der Waals surface area contributed by atoms with Crippen LogP contribution >= 0.6 is 48.0 Å². The highest BCUT2D eigenvalue weighted by atomic mass is 32.2. The van der Waals surface area contributed by atoms with Crippen molar-refractivity contribution < 1.29 is 28.0 Å². The van der Waals surface area contributed by atoms with E-state index in [0.717, 1.165) is 23.5 Å². The highest BCUT2D eigenvalue weighted by molar-refractivity contribution is 8.27. The van der Waals surface area contributed by atoms with Gasteiger partial charge in [0.05, 0.1) is 9.81 Å². The summed E-state index contributed by atoms with van der Waals surface area (Å²) in [5.74, 6) is -1.84. The van der Waals surface area contributed by atoms with Gasteiger partial charge in [-0.15, -0.1) is 0 Å². The van der Waals surface area contributed by atoms with Gasteiger partial charge >= 0.3 is 0 Å². The molecule has 246 valence electrons. The van der Waals surface area contributed by atoms with Gasteiger partial charge in [0, 0.05) is 76.3 Å². The van der Waals surface area contributed by atoms with Gasteiger partial charge in [0.1, 0.15) is 20.3 Å². The zero-order chi connectivity index (χ0) is 33.5. The second kappa shape index (κ2) is 16.1. The van der Waals surface area contributed by atoms with Crippen LogP contribution in [0.2, 0.25) is 0 Å². The number of rotatable bonds is 11. The van der Waals surface area contributed by atoms with Crippen molar-refractivity contribution in [3.05, 3.63) is 81.1 Å². The third-order valence-electron chi connectivity index (χ3n) is 7.72. The molecule has 15 heteroatoms. The Hall–Kier alpha value is -3.50. The van der Waals surface area contributed by atoms with Crippen LogP contribution in [0.15, 0.2) is 58.3 Å². The van der Waals surface area contributed by atoms with Gasteiger partial charge < -0.3 is 10.2 Å². The zero-order valence-corrected chi connectivity index (χ0v) is 28.4. The number of hydrogen-bond acceptors (Lipinski definition) is 9. The van der Waals surface area contributed by atoms with Gasteiger partial charge in [-0.2, -0.15) is 0 Å². The summed E-state index contributed by atoms with van der Waals surface area (Å²) in [5, 5.41) is 2.87. The average Bonchev–Trinajstić information content (AvgIpc) is 3.48. The fourth-order valence-corrected chi connectivity index (χ4v) is 7.69. The van der Waals surface area contributed by atoms with Crippen molar-refractivity contribution in [2.75, 3.05) is 52.4 Å². The van der Waals surface area contributed by atoms with Gasteiger partial charge in [-0.25, -0.2) is 8.78 Å². The van der Waals surface area contributed by atoms with Crippen LogP contribution in [0.5, 0.6) is 0 Å². The van der Waals surface area contributed by atoms with Crippen LogP contribution in [0.25, 0.3) is 12.2 Å². The lowest BCUT2D eigenvalue weighted by atomic mass is 10.2. The minimum atomic E-state index is -0.434. The van der Waals surface area contributed by atoms with Crippen LogP contribution in [-0.2, 0) is 19.2 Å². The molecule has 0 bridgehead atoms. The standard InChI is InChI=1S/C32H31F2N5O4S4/c33-23-7-3-1-5-21(23)19-25-29(42)38(31(44)46-25)12-9-27(40)35-11-14-36-15-17-37(18-16-36)28(41)10-13-39-30(43)26(47-32(39)45)20-22-6-2-4-8-24(22)34/h1-8,19-20H,9-18H2,(H,35,40)/b25-19-,26-20+. The Bertz CT molecular complexity index is 1660. The van der Waals surface area contributed by atoms with Crippen molar-refractivity contribution in [2.24, 2.45) is 0 Å².